The monoisotopic (exact) mass is 557 g/mol. The molecule has 40 heavy (non-hydrogen) atoms. The summed E-state index contributed by atoms with van der Waals surface area (Å²) in [5.41, 5.74) is 1.65. The van der Waals surface area contributed by atoms with Gasteiger partial charge in [-0.15, -0.1) is 11.8 Å². The zero-order chi connectivity index (χ0) is 28.1. The van der Waals surface area contributed by atoms with Crippen molar-refractivity contribution in [2.45, 2.75) is 61.2 Å². The van der Waals surface area contributed by atoms with Crippen LogP contribution < -0.4 is 10.6 Å². The Hall–Kier alpha value is -3.36. The van der Waals surface area contributed by atoms with E-state index in [1.165, 1.54) is 0 Å². The number of carbonyl (C=O) groups excluding carboxylic acids is 3. The van der Waals surface area contributed by atoms with Gasteiger partial charge in [-0.3, -0.25) is 14.4 Å². The summed E-state index contributed by atoms with van der Waals surface area (Å²) in [5, 5.41) is 18.5. The molecule has 1 spiro atoms. The van der Waals surface area contributed by atoms with Crippen LogP contribution in [-0.4, -0.2) is 55.9 Å². The zero-order valence-corrected chi connectivity index (χ0v) is 23.6. The number of aliphatic hydroxyl groups is 1. The minimum absolute atomic E-state index is 0.147. The fraction of sp³-hybridized carbons (Fsp3) is 0.406. The van der Waals surface area contributed by atoms with Crippen LogP contribution in [-0.2, 0) is 20.9 Å². The van der Waals surface area contributed by atoms with Crippen molar-refractivity contribution in [3.8, 4) is 0 Å². The van der Waals surface area contributed by atoms with Gasteiger partial charge in [0.1, 0.15) is 6.04 Å². The lowest BCUT2D eigenvalue weighted by Gasteiger charge is -2.36. The summed E-state index contributed by atoms with van der Waals surface area (Å²) in [5.74, 6) is -1.79. The number of rotatable bonds is 8. The molecule has 3 fully saturated rings. The van der Waals surface area contributed by atoms with Crippen molar-refractivity contribution in [1.82, 2.24) is 10.2 Å². The highest BCUT2D eigenvalue weighted by Crippen LogP contribution is 2.71. The second kappa shape index (κ2) is 10.2. The van der Waals surface area contributed by atoms with Crippen molar-refractivity contribution in [3.05, 3.63) is 78.4 Å². The molecule has 6 rings (SSSR count). The number of benzene rings is 3. The summed E-state index contributed by atoms with van der Waals surface area (Å²) >= 11 is 1.64. The molecule has 7 nitrogen and oxygen atoms in total. The highest BCUT2D eigenvalue weighted by Gasteiger charge is 2.77. The molecule has 2 bridgehead atoms. The van der Waals surface area contributed by atoms with Crippen molar-refractivity contribution >= 4 is 45.9 Å². The second-order valence-corrected chi connectivity index (χ2v) is 13.4. The molecule has 8 heteroatoms. The van der Waals surface area contributed by atoms with Crippen molar-refractivity contribution in [2.75, 3.05) is 11.9 Å². The van der Waals surface area contributed by atoms with Gasteiger partial charge in [0.05, 0.1) is 29.2 Å². The first kappa shape index (κ1) is 26.8. The lowest BCUT2D eigenvalue weighted by molar-refractivity contribution is -0.142. The predicted octanol–water partition coefficient (Wildman–Crippen LogP) is 4.35. The van der Waals surface area contributed by atoms with Crippen molar-refractivity contribution in [2.24, 2.45) is 11.8 Å². The standard InChI is InChI=1S/C32H35N3O4S/c1-3-24(19-36)35-27(29(38)34-23-14-13-21-11-7-8-12-22(21)17-23)32-16-15-31(2,40-32)25(26(32)30(35)39)28(37)33-18-20-9-5-4-6-10-20/h4-14,17,24-27,36H,3,15-16,18-19H2,1-2H3,(H,33,37)(H,34,38)/t24-,25+,26-,27?,31-,32?/m0/s1. The number of amides is 3. The van der Waals surface area contributed by atoms with Crippen molar-refractivity contribution < 1.29 is 19.5 Å². The average Bonchev–Trinajstić information content (AvgIpc) is 3.54. The summed E-state index contributed by atoms with van der Waals surface area (Å²) < 4.78 is -1.18. The predicted molar refractivity (Wildman–Crippen MR) is 158 cm³/mol. The van der Waals surface area contributed by atoms with Crippen LogP contribution in [0.5, 0.6) is 0 Å². The van der Waals surface area contributed by atoms with Crippen LogP contribution in [0.4, 0.5) is 5.69 Å². The van der Waals surface area contributed by atoms with E-state index in [9.17, 15) is 19.5 Å². The quantitative estimate of drug-likeness (QED) is 0.383. The van der Waals surface area contributed by atoms with Gasteiger partial charge in [-0.2, -0.15) is 0 Å². The number of hydrogen-bond donors (Lipinski definition) is 3. The minimum atomic E-state index is -0.785. The smallest absolute Gasteiger partial charge is 0.248 e. The Kier molecular flexibility index (Phi) is 6.87. The third kappa shape index (κ3) is 4.20. The van der Waals surface area contributed by atoms with E-state index in [0.29, 0.717) is 25.1 Å². The first-order valence-electron chi connectivity index (χ1n) is 14.1. The molecule has 0 aromatic heterocycles. The lowest BCUT2D eigenvalue weighted by Crippen LogP contribution is -2.54. The first-order chi connectivity index (χ1) is 19.3. The maximum Gasteiger partial charge on any atom is 0.248 e. The number of likely N-dealkylation sites (tertiary alicyclic amines) is 1. The van der Waals surface area contributed by atoms with Crippen LogP contribution in [0.25, 0.3) is 10.8 Å². The van der Waals surface area contributed by atoms with Gasteiger partial charge in [-0.1, -0.05) is 67.6 Å². The van der Waals surface area contributed by atoms with Gasteiger partial charge in [-0.05, 0) is 54.7 Å². The fourth-order valence-electron chi connectivity index (χ4n) is 7.24. The molecule has 3 N–H and O–H groups in total. The van der Waals surface area contributed by atoms with Crippen LogP contribution in [0.1, 0.15) is 38.7 Å². The van der Waals surface area contributed by atoms with E-state index in [-0.39, 0.29) is 24.3 Å². The maximum absolute atomic E-state index is 14.2. The van der Waals surface area contributed by atoms with Crippen LogP contribution in [0.15, 0.2) is 72.8 Å². The SMILES string of the molecule is CC[C@@H](CO)N1C(=O)[C@@H]2[C@H](C(=O)NCc3ccccc3)[C@]3(C)CCC2(S3)C1C(=O)Nc1ccc2ccccc2c1. The summed E-state index contributed by atoms with van der Waals surface area (Å²) in [7, 11) is 0. The molecule has 0 radical (unpaired) electrons. The largest absolute Gasteiger partial charge is 0.394 e. The molecular formula is C32H35N3O4S. The third-order valence-electron chi connectivity index (χ3n) is 9.15. The number of thioether (sulfide) groups is 1. The molecule has 2 unspecified atom stereocenters. The molecule has 208 valence electrons. The summed E-state index contributed by atoms with van der Waals surface area (Å²) in [6.45, 7) is 4.12. The number of anilines is 1. The summed E-state index contributed by atoms with van der Waals surface area (Å²) in [4.78, 5) is 43.8. The second-order valence-electron chi connectivity index (χ2n) is 11.5. The van der Waals surface area contributed by atoms with Crippen LogP contribution in [0, 0.1) is 11.8 Å². The number of aliphatic hydroxyl groups excluding tert-OH is 1. The topological polar surface area (TPSA) is 98.7 Å². The summed E-state index contributed by atoms with van der Waals surface area (Å²) in [6.07, 6.45) is 1.92. The van der Waals surface area contributed by atoms with Crippen molar-refractivity contribution in [1.29, 1.82) is 0 Å². The molecule has 3 aromatic rings. The highest BCUT2D eigenvalue weighted by molar-refractivity contribution is 8.02. The molecule has 0 aliphatic carbocycles. The van der Waals surface area contributed by atoms with Gasteiger partial charge in [0.15, 0.2) is 0 Å². The van der Waals surface area contributed by atoms with Crippen molar-refractivity contribution in [3.63, 3.8) is 0 Å². The van der Waals surface area contributed by atoms with E-state index >= 15 is 0 Å². The van der Waals surface area contributed by atoms with Crippen LogP contribution >= 0.6 is 11.8 Å². The van der Waals surface area contributed by atoms with E-state index in [0.717, 1.165) is 22.8 Å². The number of fused-ring (bicyclic) bond motifs is 2. The molecule has 0 saturated carbocycles. The molecule has 3 aliphatic heterocycles. The van der Waals surface area contributed by atoms with E-state index in [1.54, 1.807) is 16.7 Å². The van der Waals surface area contributed by atoms with Gasteiger partial charge in [0, 0.05) is 17.0 Å². The highest BCUT2D eigenvalue weighted by atomic mass is 32.2. The van der Waals surface area contributed by atoms with E-state index in [1.807, 2.05) is 79.7 Å². The first-order valence-corrected chi connectivity index (χ1v) is 14.9. The molecule has 3 aromatic carbocycles. The molecule has 3 heterocycles. The lowest BCUT2D eigenvalue weighted by atomic mass is 9.66. The number of hydrogen-bond acceptors (Lipinski definition) is 5. The number of carbonyl (C=O) groups is 3. The zero-order valence-electron chi connectivity index (χ0n) is 22.8. The van der Waals surface area contributed by atoms with Crippen LogP contribution in [0.2, 0.25) is 0 Å². The summed E-state index contributed by atoms with van der Waals surface area (Å²) in [6, 6.07) is 22.2. The Labute approximate surface area is 238 Å². The van der Waals surface area contributed by atoms with Gasteiger partial charge < -0.3 is 20.6 Å². The molecule has 3 saturated heterocycles. The normalized spacial score (nSPS) is 29.4. The Morgan fingerprint density at radius 1 is 1.02 bits per heavy atom. The Balaban J connectivity index is 1.33. The van der Waals surface area contributed by atoms with E-state index in [2.05, 4.69) is 17.6 Å². The molecule has 6 atom stereocenters. The van der Waals surface area contributed by atoms with E-state index in [4.69, 9.17) is 0 Å². The Morgan fingerprint density at radius 2 is 1.75 bits per heavy atom. The third-order valence-corrected chi connectivity index (χ3v) is 11.1. The number of nitrogens with one attached hydrogen (secondary N) is 2. The number of nitrogens with zero attached hydrogens (tertiary/aromatic N) is 1. The molecular weight excluding hydrogens is 522 g/mol. The van der Waals surface area contributed by atoms with Gasteiger partial charge in [-0.25, -0.2) is 0 Å². The Bertz CT molecular complexity index is 1460. The fourth-order valence-corrected chi connectivity index (χ4v) is 9.59. The average molecular weight is 558 g/mol. The van der Waals surface area contributed by atoms with Gasteiger partial charge in [0.25, 0.3) is 0 Å². The van der Waals surface area contributed by atoms with Gasteiger partial charge in [0.2, 0.25) is 17.7 Å². The molecule has 3 amide bonds. The minimum Gasteiger partial charge on any atom is -0.394 e. The van der Waals surface area contributed by atoms with E-state index < -0.39 is 33.4 Å². The van der Waals surface area contributed by atoms with Gasteiger partial charge >= 0.3 is 0 Å². The molecule has 3 aliphatic rings. The van der Waals surface area contributed by atoms with Crippen LogP contribution in [0.3, 0.4) is 0 Å². The Morgan fingerprint density at radius 3 is 2.48 bits per heavy atom. The maximum atomic E-state index is 14.2.